The maximum atomic E-state index is 12.5. The molecule has 0 amide bonds. The van der Waals surface area contributed by atoms with Gasteiger partial charge in [-0.3, -0.25) is 9.36 Å². The van der Waals surface area contributed by atoms with Gasteiger partial charge < -0.3 is 9.47 Å². The van der Waals surface area contributed by atoms with Crippen LogP contribution >= 0.6 is 0 Å². The van der Waals surface area contributed by atoms with E-state index in [0.717, 1.165) is 41.9 Å². The van der Waals surface area contributed by atoms with Gasteiger partial charge in [-0.1, -0.05) is 0 Å². The van der Waals surface area contributed by atoms with Crippen LogP contribution in [0.3, 0.4) is 0 Å². The summed E-state index contributed by atoms with van der Waals surface area (Å²) in [6.07, 6.45) is 8.84. The Labute approximate surface area is 167 Å². The minimum atomic E-state index is -0.108. The molecule has 1 aliphatic rings. The van der Waals surface area contributed by atoms with E-state index in [9.17, 15) is 4.79 Å². The molecule has 0 spiro atoms. The van der Waals surface area contributed by atoms with Crippen molar-refractivity contribution in [3.8, 4) is 5.82 Å². The number of hydrogen-bond donors (Lipinski definition) is 0. The van der Waals surface area contributed by atoms with Crippen molar-refractivity contribution in [1.29, 1.82) is 0 Å². The van der Waals surface area contributed by atoms with E-state index >= 15 is 0 Å². The Bertz CT molecular complexity index is 1220. The molecule has 0 bridgehead atoms. The minimum absolute atomic E-state index is 0.108. The van der Waals surface area contributed by atoms with Crippen molar-refractivity contribution in [2.45, 2.75) is 32.4 Å². The van der Waals surface area contributed by atoms with Crippen LogP contribution in [0.2, 0.25) is 0 Å². The summed E-state index contributed by atoms with van der Waals surface area (Å²) < 4.78 is 5.47. The normalized spacial score (nSPS) is 16.8. The van der Waals surface area contributed by atoms with Crippen LogP contribution in [0, 0.1) is 6.92 Å². The molecular formula is C20H22N8O. The molecule has 1 saturated heterocycles. The Morgan fingerprint density at radius 3 is 2.97 bits per heavy atom. The molecule has 4 aromatic heterocycles. The first-order chi connectivity index (χ1) is 14.1. The molecule has 0 radical (unpaired) electrons. The van der Waals surface area contributed by atoms with Crippen molar-refractivity contribution in [2.75, 3.05) is 11.4 Å². The molecule has 5 rings (SSSR count). The maximum Gasteiger partial charge on any atom is 0.266 e. The molecule has 9 heteroatoms. The number of imidazole rings is 1. The molecule has 148 valence electrons. The Morgan fingerprint density at radius 1 is 1.24 bits per heavy atom. The van der Waals surface area contributed by atoms with E-state index in [4.69, 9.17) is 0 Å². The molecule has 29 heavy (non-hydrogen) atoms. The number of aromatic nitrogens is 7. The highest BCUT2D eigenvalue weighted by Gasteiger charge is 2.29. The van der Waals surface area contributed by atoms with Gasteiger partial charge in [-0.25, -0.2) is 19.6 Å². The zero-order valence-electron chi connectivity index (χ0n) is 16.4. The van der Waals surface area contributed by atoms with Gasteiger partial charge in [0.15, 0.2) is 11.6 Å². The fourth-order valence-corrected chi connectivity index (χ4v) is 4.10. The van der Waals surface area contributed by atoms with E-state index in [-0.39, 0.29) is 11.6 Å². The fourth-order valence-electron chi connectivity index (χ4n) is 4.10. The molecule has 1 fully saturated rings. The van der Waals surface area contributed by atoms with Crippen LogP contribution in [0.15, 0.2) is 48.0 Å². The van der Waals surface area contributed by atoms with Gasteiger partial charge in [0.25, 0.3) is 5.56 Å². The molecule has 9 nitrogen and oxygen atoms in total. The van der Waals surface area contributed by atoms with E-state index in [0.29, 0.717) is 12.4 Å². The van der Waals surface area contributed by atoms with Crippen molar-refractivity contribution < 1.29 is 0 Å². The summed E-state index contributed by atoms with van der Waals surface area (Å²) in [5.74, 6) is 1.60. The Hall–Kier alpha value is -3.49. The van der Waals surface area contributed by atoms with E-state index in [1.165, 1.54) is 0 Å². The van der Waals surface area contributed by atoms with Gasteiger partial charge >= 0.3 is 0 Å². The van der Waals surface area contributed by atoms with Crippen LogP contribution in [0.4, 0.5) is 5.82 Å². The van der Waals surface area contributed by atoms with Crippen LogP contribution in [0.1, 0.15) is 18.5 Å². The maximum absolute atomic E-state index is 12.5. The van der Waals surface area contributed by atoms with Crippen molar-refractivity contribution >= 4 is 16.9 Å². The lowest BCUT2D eigenvalue weighted by Crippen LogP contribution is -2.38. The third-order valence-electron chi connectivity index (χ3n) is 5.70. The van der Waals surface area contributed by atoms with Gasteiger partial charge in [0, 0.05) is 37.7 Å². The Morgan fingerprint density at radius 2 is 2.14 bits per heavy atom. The molecule has 1 atom stereocenters. The summed E-state index contributed by atoms with van der Waals surface area (Å²) >= 11 is 0. The predicted molar refractivity (Wildman–Crippen MR) is 109 cm³/mol. The topological polar surface area (TPSA) is 86.7 Å². The van der Waals surface area contributed by atoms with Crippen LogP contribution < -0.4 is 10.5 Å². The second kappa shape index (κ2) is 6.84. The fraction of sp³-hybridized carbons (Fsp3) is 0.350. The lowest BCUT2D eigenvalue weighted by atomic mass is 10.2. The van der Waals surface area contributed by atoms with Crippen molar-refractivity contribution in [3.05, 3.63) is 59.3 Å². The monoisotopic (exact) mass is 390 g/mol. The van der Waals surface area contributed by atoms with Crippen molar-refractivity contribution in [2.24, 2.45) is 7.05 Å². The summed E-state index contributed by atoms with van der Waals surface area (Å²) in [5, 5.41) is 4.55. The van der Waals surface area contributed by atoms with Crippen LogP contribution in [-0.2, 0) is 13.6 Å². The van der Waals surface area contributed by atoms with Gasteiger partial charge in [0.05, 0.1) is 18.1 Å². The molecule has 0 saturated carbocycles. The third kappa shape index (κ3) is 2.98. The number of anilines is 1. The molecule has 4 aromatic rings. The summed E-state index contributed by atoms with van der Waals surface area (Å²) in [5.41, 5.74) is 3.01. The quantitative estimate of drug-likeness (QED) is 0.527. The second-order valence-electron chi connectivity index (χ2n) is 7.45. The summed E-state index contributed by atoms with van der Waals surface area (Å²) in [6, 6.07) is 5.50. The largest absolute Gasteiger partial charge is 0.350 e. The standard InChI is InChI=1S/C20H22N8O/c1-14-10-16-19(25(14)2)20(23-12-22-16)27-8-3-4-15(27)11-28-18(29)6-5-17(24-28)26-9-7-21-13-26/h5-7,9-10,12-13,15H,3-4,8,11H2,1-2H3. The number of nitrogens with zero attached hydrogens (tertiary/aromatic N) is 8. The average Bonchev–Trinajstić information content (AvgIpc) is 3.45. The second-order valence-corrected chi connectivity index (χ2v) is 7.45. The SMILES string of the molecule is Cc1cc2ncnc(N3CCCC3Cn3nc(-n4ccnc4)ccc3=O)c2n1C. The predicted octanol–water partition coefficient (Wildman–Crippen LogP) is 1.69. The minimum Gasteiger partial charge on any atom is -0.350 e. The van der Waals surface area contributed by atoms with Crippen LogP contribution in [0.5, 0.6) is 0 Å². The summed E-state index contributed by atoms with van der Waals surface area (Å²) in [6.45, 7) is 3.48. The van der Waals surface area contributed by atoms with E-state index in [2.05, 4.69) is 42.5 Å². The van der Waals surface area contributed by atoms with Crippen LogP contribution in [0.25, 0.3) is 16.9 Å². The van der Waals surface area contributed by atoms with E-state index < -0.39 is 0 Å². The van der Waals surface area contributed by atoms with E-state index in [1.807, 2.05) is 13.2 Å². The first-order valence-electron chi connectivity index (χ1n) is 9.72. The van der Waals surface area contributed by atoms with Crippen molar-refractivity contribution in [1.82, 2.24) is 33.9 Å². The zero-order chi connectivity index (χ0) is 20.0. The lowest BCUT2D eigenvalue weighted by Gasteiger charge is -2.26. The molecule has 0 N–H and O–H groups in total. The van der Waals surface area contributed by atoms with Gasteiger partial charge in [-0.15, -0.1) is 0 Å². The first-order valence-corrected chi connectivity index (χ1v) is 9.72. The summed E-state index contributed by atoms with van der Waals surface area (Å²) in [7, 11) is 2.04. The first kappa shape index (κ1) is 17.6. The van der Waals surface area contributed by atoms with Crippen LogP contribution in [-0.4, -0.2) is 46.5 Å². The third-order valence-corrected chi connectivity index (χ3v) is 5.70. The highest BCUT2D eigenvalue weighted by molar-refractivity contribution is 5.87. The van der Waals surface area contributed by atoms with Gasteiger partial charge in [-0.05, 0) is 31.9 Å². The van der Waals surface area contributed by atoms with Gasteiger partial charge in [-0.2, -0.15) is 5.10 Å². The zero-order valence-corrected chi connectivity index (χ0v) is 16.4. The number of hydrogen-bond acceptors (Lipinski definition) is 6. The molecule has 0 aromatic carbocycles. The van der Waals surface area contributed by atoms with Gasteiger partial charge in [0.1, 0.15) is 18.2 Å². The average molecular weight is 390 g/mol. The Kier molecular flexibility index (Phi) is 4.15. The molecule has 1 aliphatic heterocycles. The Balaban J connectivity index is 1.50. The molecule has 1 unspecified atom stereocenters. The highest BCUT2D eigenvalue weighted by atomic mass is 16.1. The lowest BCUT2D eigenvalue weighted by molar-refractivity contribution is 0.484. The number of rotatable bonds is 4. The molecular weight excluding hydrogens is 368 g/mol. The highest BCUT2D eigenvalue weighted by Crippen LogP contribution is 2.31. The summed E-state index contributed by atoms with van der Waals surface area (Å²) in [4.78, 5) is 27.9. The van der Waals surface area contributed by atoms with Gasteiger partial charge in [0.2, 0.25) is 0 Å². The molecule has 5 heterocycles. The molecule has 0 aliphatic carbocycles. The smallest absolute Gasteiger partial charge is 0.266 e. The van der Waals surface area contributed by atoms with Crippen molar-refractivity contribution in [3.63, 3.8) is 0 Å². The number of aryl methyl sites for hydroxylation is 2. The van der Waals surface area contributed by atoms with E-state index in [1.54, 1.807) is 40.2 Å². The number of fused-ring (bicyclic) bond motifs is 1.